The van der Waals surface area contributed by atoms with Gasteiger partial charge >= 0.3 is 5.97 Å². The molecule has 0 atom stereocenters. The topological polar surface area (TPSA) is 65.6 Å². The molecule has 1 aliphatic heterocycles. The number of aryl methyl sites for hydroxylation is 1. The van der Waals surface area contributed by atoms with Gasteiger partial charge in [-0.1, -0.05) is 18.2 Å². The number of aromatic carboxylic acids is 1. The Kier molecular flexibility index (Phi) is 6.62. The molecule has 2 aromatic carbocycles. The molecular formula is C26H32N2O3. The molecule has 2 N–H and O–H groups in total. The number of carboxylic acids is 1. The van der Waals surface area contributed by atoms with Gasteiger partial charge in [0.2, 0.25) is 0 Å². The molecule has 1 aromatic heterocycles. The van der Waals surface area contributed by atoms with Gasteiger partial charge in [0.05, 0.1) is 12.7 Å². The summed E-state index contributed by atoms with van der Waals surface area (Å²) in [7, 11) is 1.79. The van der Waals surface area contributed by atoms with Crippen molar-refractivity contribution in [2.75, 3.05) is 20.2 Å². The summed E-state index contributed by atoms with van der Waals surface area (Å²) in [5.41, 5.74) is 4.18. The molecule has 0 unspecified atom stereocenters. The molecule has 31 heavy (non-hydrogen) atoms. The summed E-state index contributed by atoms with van der Waals surface area (Å²) >= 11 is 0. The van der Waals surface area contributed by atoms with Crippen molar-refractivity contribution in [3.63, 3.8) is 0 Å². The monoisotopic (exact) mass is 420 g/mol. The van der Waals surface area contributed by atoms with Crippen molar-refractivity contribution in [1.29, 1.82) is 0 Å². The van der Waals surface area contributed by atoms with E-state index in [9.17, 15) is 4.79 Å². The van der Waals surface area contributed by atoms with E-state index in [1.54, 1.807) is 37.4 Å². The molecule has 0 radical (unpaired) electrons. The number of aromatic amines is 1. The normalized spacial score (nSPS) is 17.2. The van der Waals surface area contributed by atoms with Crippen molar-refractivity contribution in [2.24, 2.45) is 11.8 Å². The van der Waals surface area contributed by atoms with Crippen LogP contribution in [0, 0.1) is 18.8 Å². The number of aromatic nitrogens is 1. The zero-order valence-electron chi connectivity index (χ0n) is 18.4. The van der Waals surface area contributed by atoms with E-state index in [0.717, 1.165) is 24.1 Å². The first-order valence-electron chi connectivity index (χ1n) is 11.2. The second-order valence-corrected chi connectivity index (χ2v) is 8.76. The molecule has 0 spiro atoms. The van der Waals surface area contributed by atoms with E-state index in [0.29, 0.717) is 5.56 Å². The Balaban J connectivity index is 0.000000217. The molecule has 3 aromatic rings. The first-order valence-corrected chi connectivity index (χ1v) is 11.2. The predicted octanol–water partition coefficient (Wildman–Crippen LogP) is 5.49. The van der Waals surface area contributed by atoms with Crippen LogP contribution in [0.4, 0.5) is 0 Å². The SMILES string of the molecule is COc1cc(C)c2[nH]ccc2c1CN1CCC(C2CC2)CC1.O=C(O)c1ccccc1. The van der Waals surface area contributed by atoms with E-state index in [2.05, 4.69) is 28.9 Å². The van der Waals surface area contributed by atoms with Crippen molar-refractivity contribution in [3.8, 4) is 5.75 Å². The van der Waals surface area contributed by atoms with Crippen LogP contribution in [0.15, 0.2) is 48.7 Å². The van der Waals surface area contributed by atoms with Gasteiger partial charge < -0.3 is 14.8 Å². The lowest BCUT2D eigenvalue weighted by molar-refractivity contribution is 0.0697. The van der Waals surface area contributed by atoms with Crippen molar-refractivity contribution < 1.29 is 14.6 Å². The number of hydrogen-bond acceptors (Lipinski definition) is 3. The van der Waals surface area contributed by atoms with Gasteiger partial charge in [-0.15, -0.1) is 0 Å². The van der Waals surface area contributed by atoms with E-state index in [1.807, 2.05) is 6.20 Å². The van der Waals surface area contributed by atoms with Crippen molar-refractivity contribution in [3.05, 3.63) is 65.4 Å². The summed E-state index contributed by atoms with van der Waals surface area (Å²) in [6.07, 6.45) is 7.78. The number of fused-ring (bicyclic) bond motifs is 1. The van der Waals surface area contributed by atoms with E-state index < -0.39 is 5.97 Å². The van der Waals surface area contributed by atoms with E-state index >= 15 is 0 Å². The Morgan fingerprint density at radius 2 is 1.77 bits per heavy atom. The lowest BCUT2D eigenvalue weighted by Crippen LogP contribution is -2.34. The van der Waals surface area contributed by atoms with Crippen molar-refractivity contribution in [1.82, 2.24) is 9.88 Å². The van der Waals surface area contributed by atoms with Gasteiger partial charge in [0.25, 0.3) is 0 Å². The van der Waals surface area contributed by atoms with E-state index in [1.165, 1.54) is 60.8 Å². The summed E-state index contributed by atoms with van der Waals surface area (Å²) in [4.78, 5) is 16.2. The zero-order chi connectivity index (χ0) is 21.8. The van der Waals surface area contributed by atoms with Gasteiger partial charge in [-0.25, -0.2) is 4.79 Å². The number of hydrogen-bond donors (Lipinski definition) is 2. The molecule has 2 aliphatic rings. The maximum atomic E-state index is 10.2. The Morgan fingerprint density at radius 1 is 1.10 bits per heavy atom. The smallest absolute Gasteiger partial charge is 0.335 e. The first kappa shape index (κ1) is 21.4. The number of rotatable bonds is 5. The van der Waals surface area contributed by atoms with Gasteiger partial charge in [0.1, 0.15) is 5.75 Å². The second kappa shape index (κ2) is 9.56. The molecule has 164 valence electrons. The minimum absolute atomic E-state index is 0.331. The number of likely N-dealkylation sites (tertiary alicyclic amines) is 1. The molecular weight excluding hydrogens is 388 g/mol. The third-order valence-electron chi connectivity index (χ3n) is 6.65. The molecule has 1 saturated heterocycles. The Bertz CT molecular complexity index is 1020. The predicted molar refractivity (Wildman–Crippen MR) is 124 cm³/mol. The molecule has 1 saturated carbocycles. The van der Waals surface area contributed by atoms with Crippen LogP contribution in [-0.4, -0.2) is 41.2 Å². The Hall–Kier alpha value is -2.79. The fourth-order valence-corrected chi connectivity index (χ4v) is 4.74. The van der Waals surface area contributed by atoms with Crippen LogP contribution in [0.5, 0.6) is 5.75 Å². The highest BCUT2D eigenvalue weighted by molar-refractivity contribution is 5.88. The number of benzene rings is 2. The quantitative estimate of drug-likeness (QED) is 0.573. The molecule has 0 bridgehead atoms. The number of piperidine rings is 1. The number of ether oxygens (including phenoxy) is 1. The minimum Gasteiger partial charge on any atom is -0.496 e. The van der Waals surface area contributed by atoms with Gasteiger partial charge in [0, 0.05) is 29.2 Å². The molecule has 5 rings (SSSR count). The lowest BCUT2D eigenvalue weighted by Gasteiger charge is -2.32. The summed E-state index contributed by atoms with van der Waals surface area (Å²) < 4.78 is 5.67. The fourth-order valence-electron chi connectivity index (χ4n) is 4.74. The maximum Gasteiger partial charge on any atom is 0.335 e. The van der Waals surface area contributed by atoms with Crippen LogP contribution in [-0.2, 0) is 6.54 Å². The highest BCUT2D eigenvalue weighted by Crippen LogP contribution is 2.42. The summed E-state index contributed by atoms with van der Waals surface area (Å²) in [6, 6.07) is 12.7. The van der Waals surface area contributed by atoms with Gasteiger partial charge in [-0.05, 0) is 87.4 Å². The summed E-state index contributed by atoms with van der Waals surface area (Å²) in [5, 5.41) is 9.71. The average Bonchev–Trinajstić information content (AvgIpc) is 3.52. The highest BCUT2D eigenvalue weighted by atomic mass is 16.5. The largest absolute Gasteiger partial charge is 0.496 e. The number of nitrogens with one attached hydrogen (secondary N) is 1. The Morgan fingerprint density at radius 3 is 2.35 bits per heavy atom. The van der Waals surface area contributed by atoms with Gasteiger partial charge in [-0.2, -0.15) is 0 Å². The fraction of sp³-hybridized carbons (Fsp3) is 0.423. The standard InChI is InChI=1S/C19H26N2O.C7H6O2/c1-13-11-18(22-2)17(16-5-8-20-19(13)16)12-21-9-6-15(7-10-21)14-3-4-14;8-7(9)6-4-2-1-3-5-6/h5,8,11,14-15,20H,3-4,6-7,9-10,12H2,1-2H3;1-5H,(H,8,9). The number of carbonyl (C=O) groups is 1. The van der Waals surface area contributed by atoms with Crippen molar-refractivity contribution >= 4 is 16.9 Å². The molecule has 2 heterocycles. The highest BCUT2D eigenvalue weighted by Gasteiger charge is 2.33. The third-order valence-corrected chi connectivity index (χ3v) is 6.65. The van der Waals surface area contributed by atoms with Crippen LogP contribution >= 0.6 is 0 Å². The van der Waals surface area contributed by atoms with Crippen LogP contribution in [0.25, 0.3) is 10.9 Å². The van der Waals surface area contributed by atoms with E-state index in [4.69, 9.17) is 9.84 Å². The second-order valence-electron chi connectivity index (χ2n) is 8.76. The lowest BCUT2D eigenvalue weighted by atomic mass is 9.91. The first-order chi connectivity index (χ1) is 15.1. The molecule has 5 heteroatoms. The van der Waals surface area contributed by atoms with Gasteiger partial charge in [-0.3, -0.25) is 4.90 Å². The van der Waals surface area contributed by atoms with Crippen LogP contribution in [0.3, 0.4) is 0 Å². The molecule has 1 aliphatic carbocycles. The van der Waals surface area contributed by atoms with Crippen molar-refractivity contribution in [2.45, 2.75) is 39.2 Å². The number of carboxylic acid groups (broad SMARTS) is 1. The summed E-state index contributed by atoms with van der Waals surface area (Å²) in [6.45, 7) is 5.63. The van der Waals surface area contributed by atoms with Crippen LogP contribution in [0.2, 0.25) is 0 Å². The molecule has 2 fully saturated rings. The number of nitrogens with zero attached hydrogens (tertiary/aromatic N) is 1. The molecule has 0 amide bonds. The van der Waals surface area contributed by atoms with Crippen LogP contribution in [0.1, 0.15) is 47.2 Å². The Labute approximate surface area is 184 Å². The van der Waals surface area contributed by atoms with Crippen LogP contribution < -0.4 is 4.74 Å². The van der Waals surface area contributed by atoms with Gasteiger partial charge in [0.15, 0.2) is 0 Å². The minimum atomic E-state index is -0.879. The third kappa shape index (κ3) is 5.10. The molecule has 5 nitrogen and oxygen atoms in total. The average molecular weight is 421 g/mol. The number of methoxy groups -OCH3 is 1. The maximum absolute atomic E-state index is 10.2. The zero-order valence-corrected chi connectivity index (χ0v) is 18.4. The summed E-state index contributed by atoms with van der Waals surface area (Å²) in [5.74, 6) is 2.22. The number of H-pyrrole nitrogens is 1. The van der Waals surface area contributed by atoms with E-state index in [-0.39, 0.29) is 0 Å².